The van der Waals surface area contributed by atoms with Crippen LogP contribution in [0.4, 0.5) is 11.5 Å². The minimum Gasteiger partial charge on any atom is -0.481 e. The Balaban J connectivity index is 1.97. The monoisotopic (exact) mass is 291 g/mol. The lowest BCUT2D eigenvalue weighted by molar-refractivity contribution is -0.384. The number of hydrogen-bond acceptors (Lipinski definition) is 5. The molecule has 2 heterocycles. The third-order valence-corrected chi connectivity index (χ3v) is 4.78. The molecule has 1 aromatic rings. The highest BCUT2D eigenvalue weighted by atomic mass is 16.6. The van der Waals surface area contributed by atoms with Gasteiger partial charge in [-0.2, -0.15) is 0 Å². The predicted octanol–water partition coefficient (Wildman–Crippen LogP) is 1.99. The van der Waals surface area contributed by atoms with E-state index in [1.807, 2.05) is 0 Å². The Kier molecular flexibility index (Phi) is 3.07. The van der Waals surface area contributed by atoms with Crippen LogP contribution in [0.3, 0.4) is 0 Å². The second-order valence-corrected chi connectivity index (χ2v) is 6.04. The zero-order chi connectivity index (χ0) is 15.2. The molecule has 1 aliphatic carbocycles. The van der Waals surface area contributed by atoms with Gasteiger partial charge in [-0.1, -0.05) is 6.42 Å². The predicted molar refractivity (Wildman–Crippen MR) is 75.3 cm³/mol. The van der Waals surface area contributed by atoms with Crippen LogP contribution in [0.5, 0.6) is 0 Å². The molecule has 7 nitrogen and oxygen atoms in total. The second-order valence-electron chi connectivity index (χ2n) is 6.04. The van der Waals surface area contributed by atoms with E-state index in [0.717, 1.165) is 18.4 Å². The standard InChI is InChI=1S/C14H17N3O4/c1-9-5-11(17(20)21)12(15-6-9)16-7-10-3-2-4-14(10,8-16)13(18)19/h5-6,10H,2-4,7-8H2,1H3,(H,18,19)/t10-,14+/m0/s1. The third kappa shape index (κ3) is 2.03. The zero-order valence-electron chi connectivity index (χ0n) is 11.8. The molecule has 1 aromatic heterocycles. The van der Waals surface area contributed by atoms with Gasteiger partial charge in [0.05, 0.1) is 10.3 Å². The number of rotatable bonds is 3. The first-order valence-electron chi connectivity index (χ1n) is 7.03. The summed E-state index contributed by atoms with van der Waals surface area (Å²) >= 11 is 0. The van der Waals surface area contributed by atoms with Crippen LogP contribution in [0.15, 0.2) is 12.3 Å². The molecule has 2 fully saturated rings. The number of pyridine rings is 1. The third-order valence-electron chi connectivity index (χ3n) is 4.78. The topological polar surface area (TPSA) is 96.6 Å². The van der Waals surface area contributed by atoms with Gasteiger partial charge in [0.1, 0.15) is 0 Å². The van der Waals surface area contributed by atoms with Gasteiger partial charge in [0.2, 0.25) is 5.82 Å². The summed E-state index contributed by atoms with van der Waals surface area (Å²) in [5.41, 5.74) is -0.0891. The van der Waals surface area contributed by atoms with Crippen molar-refractivity contribution < 1.29 is 14.8 Å². The number of hydrogen-bond donors (Lipinski definition) is 1. The zero-order valence-corrected chi connectivity index (χ0v) is 11.8. The lowest BCUT2D eigenvalue weighted by Crippen LogP contribution is -2.36. The lowest BCUT2D eigenvalue weighted by Gasteiger charge is -2.23. The molecule has 3 rings (SSSR count). The van der Waals surface area contributed by atoms with Crippen molar-refractivity contribution in [3.05, 3.63) is 27.9 Å². The Morgan fingerprint density at radius 3 is 3.00 bits per heavy atom. The van der Waals surface area contributed by atoms with Crippen LogP contribution >= 0.6 is 0 Å². The van der Waals surface area contributed by atoms with E-state index in [0.29, 0.717) is 25.3 Å². The average molecular weight is 291 g/mol. The van der Waals surface area contributed by atoms with Crippen molar-refractivity contribution >= 4 is 17.5 Å². The van der Waals surface area contributed by atoms with Gasteiger partial charge in [-0.05, 0) is 31.2 Å². The fourth-order valence-corrected chi connectivity index (χ4v) is 3.72. The van der Waals surface area contributed by atoms with Gasteiger partial charge in [-0.25, -0.2) is 4.98 Å². The molecule has 0 aromatic carbocycles. The van der Waals surface area contributed by atoms with Crippen molar-refractivity contribution in [3.63, 3.8) is 0 Å². The van der Waals surface area contributed by atoms with E-state index < -0.39 is 16.3 Å². The number of aryl methyl sites for hydroxylation is 1. The lowest BCUT2D eigenvalue weighted by atomic mass is 9.81. The van der Waals surface area contributed by atoms with Gasteiger partial charge in [0.25, 0.3) is 0 Å². The summed E-state index contributed by atoms with van der Waals surface area (Å²) in [6, 6.07) is 1.49. The molecule has 0 unspecified atom stereocenters. The molecule has 7 heteroatoms. The van der Waals surface area contributed by atoms with Crippen molar-refractivity contribution in [2.75, 3.05) is 18.0 Å². The Bertz CT molecular complexity index is 618. The number of nitro groups is 1. The van der Waals surface area contributed by atoms with Crippen LogP contribution in [0.1, 0.15) is 24.8 Å². The number of aromatic nitrogens is 1. The summed E-state index contributed by atoms with van der Waals surface area (Å²) in [4.78, 5) is 28.4. The second kappa shape index (κ2) is 4.68. The molecule has 1 N–H and O–H groups in total. The molecule has 0 radical (unpaired) electrons. The smallest absolute Gasteiger partial charge is 0.311 e. The maximum absolute atomic E-state index is 11.7. The Labute approximate surface area is 121 Å². The highest BCUT2D eigenvalue weighted by Crippen LogP contribution is 2.50. The van der Waals surface area contributed by atoms with E-state index in [1.165, 1.54) is 6.07 Å². The Morgan fingerprint density at radius 1 is 1.62 bits per heavy atom. The van der Waals surface area contributed by atoms with Gasteiger partial charge in [-0.15, -0.1) is 0 Å². The van der Waals surface area contributed by atoms with Gasteiger partial charge >= 0.3 is 11.7 Å². The molecular formula is C14H17N3O4. The van der Waals surface area contributed by atoms with Crippen LogP contribution < -0.4 is 4.90 Å². The van der Waals surface area contributed by atoms with Crippen LogP contribution in [-0.4, -0.2) is 34.1 Å². The van der Waals surface area contributed by atoms with E-state index in [-0.39, 0.29) is 11.6 Å². The minimum atomic E-state index is -0.790. The molecule has 0 bridgehead atoms. The SMILES string of the molecule is Cc1cnc(N2C[C@@H]3CCC[C@@]3(C(=O)O)C2)c([N+](=O)[O-])c1. The summed E-state index contributed by atoms with van der Waals surface area (Å²) in [6.45, 7) is 2.59. The Hall–Kier alpha value is -2.18. The van der Waals surface area contributed by atoms with Gasteiger partial charge in [-0.3, -0.25) is 14.9 Å². The van der Waals surface area contributed by atoms with Gasteiger partial charge < -0.3 is 10.0 Å². The molecule has 21 heavy (non-hydrogen) atoms. The number of aliphatic carboxylic acids is 1. The first kappa shape index (κ1) is 13.8. The van der Waals surface area contributed by atoms with Crippen molar-refractivity contribution in [3.8, 4) is 0 Å². The molecule has 1 saturated carbocycles. The largest absolute Gasteiger partial charge is 0.481 e. The van der Waals surface area contributed by atoms with Gasteiger partial charge in [0, 0.05) is 25.4 Å². The van der Waals surface area contributed by atoms with E-state index in [1.54, 1.807) is 18.0 Å². The average Bonchev–Trinajstić information content (AvgIpc) is 2.95. The van der Waals surface area contributed by atoms with E-state index >= 15 is 0 Å². The number of carboxylic acid groups (broad SMARTS) is 1. The maximum atomic E-state index is 11.7. The summed E-state index contributed by atoms with van der Waals surface area (Å²) in [7, 11) is 0. The number of carboxylic acids is 1. The molecule has 0 amide bonds. The molecule has 0 spiro atoms. The van der Waals surface area contributed by atoms with Crippen molar-refractivity contribution in [1.82, 2.24) is 4.98 Å². The van der Waals surface area contributed by atoms with E-state index in [2.05, 4.69) is 4.98 Å². The molecule has 2 atom stereocenters. The first-order chi connectivity index (χ1) is 9.94. The Morgan fingerprint density at radius 2 is 2.38 bits per heavy atom. The first-order valence-corrected chi connectivity index (χ1v) is 7.03. The molecule has 1 saturated heterocycles. The number of anilines is 1. The highest BCUT2D eigenvalue weighted by molar-refractivity contribution is 5.78. The fourth-order valence-electron chi connectivity index (χ4n) is 3.72. The fraction of sp³-hybridized carbons (Fsp3) is 0.571. The molecule has 1 aliphatic heterocycles. The summed E-state index contributed by atoms with van der Waals surface area (Å²) in [5.74, 6) is -0.444. The number of nitrogens with zero attached hydrogens (tertiary/aromatic N) is 3. The summed E-state index contributed by atoms with van der Waals surface area (Å²) < 4.78 is 0. The summed E-state index contributed by atoms with van der Waals surface area (Å²) in [6.07, 6.45) is 4.00. The van der Waals surface area contributed by atoms with Gasteiger partial charge in [0.15, 0.2) is 0 Å². The van der Waals surface area contributed by atoms with Crippen LogP contribution in [0.2, 0.25) is 0 Å². The quantitative estimate of drug-likeness (QED) is 0.675. The minimum absolute atomic E-state index is 0.0458. The van der Waals surface area contributed by atoms with E-state index in [9.17, 15) is 20.0 Å². The number of carbonyl (C=O) groups is 1. The van der Waals surface area contributed by atoms with Crippen LogP contribution in [0, 0.1) is 28.4 Å². The van der Waals surface area contributed by atoms with Crippen molar-refractivity contribution in [2.45, 2.75) is 26.2 Å². The normalized spacial score (nSPS) is 27.7. The van der Waals surface area contributed by atoms with E-state index in [4.69, 9.17) is 0 Å². The highest BCUT2D eigenvalue weighted by Gasteiger charge is 2.55. The van der Waals surface area contributed by atoms with Crippen LogP contribution in [0.25, 0.3) is 0 Å². The molecule has 2 aliphatic rings. The maximum Gasteiger partial charge on any atom is 0.311 e. The van der Waals surface area contributed by atoms with Crippen molar-refractivity contribution in [2.24, 2.45) is 11.3 Å². The molecular weight excluding hydrogens is 274 g/mol. The number of fused-ring (bicyclic) bond motifs is 1. The summed E-state index contributed by atoms with van der Waals surface area (Å²) in [5, 5.41) is 20.8. The molecule has 112 valence electrons. The van der Waals surface area contributed by atoms with Crippen LogP contribution in [-0.2, 0) is 4.79 Å². The van der Waals surface area contributed by atoms with Crippen molar-refractivity contribution in [1.29, 1.82) is 0 Å².